The van der Waals surface area contributed by atoms with Gasteiger partial charge in [-0.15, -0.1) is 0 Å². The van der Waals surface area contributed by atoms with Crippen molar-refractivity contribution in [3.05, 3.63) is 12.4 Å². The minimum absolute atomic E-state index is 0.197. The second kappa shape index (κ2) is 6.95. The summed E-state index contributed by atoms with van der Waals surface area (Å²) in [5, 5.41) is 0. The number of carbonyl (C=O) groups excluding carboxylic acids is 1. The van der Waals surface area contributed by atoms with Gasteiger partial charge in [-0.1, -0.05) is 13.8 Å². The Morgan fingerprint density at radius 3 is 2.88 bits per heavy atom. The molecular formula is C18H29N5O. The second-order valence-corrected chi connectivity index (χ2v) is 7.82. The largest absolute Gasteiger partial charge is 0.384 e. The number of likely N-dealkylation sites (tertiary alicyclic amines) is 1. The number of carbonyl (C=O) groups is 1. The fourth-order valence-electron chi connectivity index (χ4n) is 3.99. The molecule has 0 aliphatic carbocycles. The number of piperidine rings is 2. The Bertz CT molecular complexity index is 591. The van der Waals surface area contributed by atoms with E-state index >= 15 is 0 Å². The quantitative estimate of drug-likeness (QED) is 0.916. The van der Waals surface area contributed by atoms with Crippen molar-refractivity contribution in [1.29, 1.82) is 0 Å². The maximum Gasteiger partial charge on any atom is 0.222 e. The van der Waals surface area contributed by atoms with E-state index in [0.717, 1.165) is 51.3 Å². The number of anilines is 2. The van der Waals surface area contributed by atoms with E-state index in [1.807, 2.05) is 6.07 Å². The highest BCUT2D eigenvalue weighted by molar-refractivity contribution is 5.77. The van der Waals surface area contributed by atoms with Gasteiger partial charge in [0.05, 0.1) is 0 Å². The molecule has 2 aliphatic heterocycles. The van der Waals surface area contributed by atoms with E-state index in [0.29, 0.717) is 24.1 Å². The molecule has 1 aromatic heterocycles. The molecule has 0 aromatic carbocycles. The number of aromatic nitrogens is 2. The Morgan fingerprint density at radius 1 is 1.29 bits per heavy atom. The molecule has 2 fully saturated rings. The first-order valence-electron chi connectivity index (χ1n) is 9.08. The fourth-order valence-corrected chi connectivity index (χ4v) is 3.99. The van der Waals surface area contributed by atoms with Gasteiger partial charge in [-0.3, -0.25) is 4.79 Å². The van der Waals surface area contributed by atoms with E-state index in [9.17, 15) is 4.79 Å². The third-order valence-electron chi connectivity index (χ3n) is 5.38. The molecule has 1 atom stereocenters. The van der Waals surface area contributed by atoms with Crippen molar-refractivity contribution >= 4 is 17.5 Å². The second-order valence-electron chi connectivity index (χ2n) is 7.82. The van der Waals surface area contributed by atoms with Crippen molar-refractivity contribution in [3.8, 4) is 0 Å². The van der Waals surface area contributed by atoms with Gasteiger partial charge in [0.25, 0.3) is 0 Å². The van der Waals surface area contributed by atoms with Gasteiger partial charge in [0.1, 0.15) is 18.0 Å². The zero-order valence-corrected chi connectivity index (χ0v) is 14.9. The first-order valence-corrected chi connectivity index (χ1v) is 9.08. The molecule has 6 nitrogen and oxygen atoms in total. The maximum atomic E-state index is 12.3. The topological polar surface area (TPSA) is 75.3 Å². The monoisotopic (exact) mass is 331 g/mol. The van der Waals surface area contributed by atoms with Gasteiger partial charge < -0.3 is 15.5 Å². The maximum absolute atomic E-state index is 12.3. The number of amides is 1. The van der Waals surface area contributed by atoms with E-state index in [1.165, 1.54) is 12.7 Å². The first kappa shape index (κ1) is 17.0. The van der Waals surface area contributed by atoms with Crippen LogP contribution in [0.4, 0.5) is 11.6 Å². The fraction of sp³-hybridized carbons (Fsp3) is 0.722. The van der Waals surface area contributed by atoms with Gasteiger partial charge in [0.15, 0.2) is 0 Å². The molecule has 6 heteroatoms. The molecular weight excluding hydrogens is 302 g/mol. The normalized spacial score (nSPS) is 24.9. The molecule has 0 radical (unpaired) electrons. The van der Waals surface area contributed by atoms with E-state index < -0.39 is 0 Å². The lowest BCUT2D eigenvalue weighted by Gasteiger charge is -2.48. The highest BCUT2D eigenvalue weighted by Crippen LogP contribution is 2.40. The summed E-state index contributed by atoms with van der Waals surface area (Å²) in [6.45, 7) is 8.15. The molecule has 0 unspecified atom stereocenters. The molecule has 2 aliphatic rings. The summed E-state index contributed by atoms with van der Waals surface area (Å²) < 4.78 is 0. The van der Waals surface area contributed by atoms with Crippen LogP contribution in [0.3, 0.4) is 0 Å². The van der Waals surface area contributed by atoms with Gasteiger partial charge in [-0.05, 0) is 31.6 Å². The van der Waals surface area contributed by atoms with E-state index in [-0.39, 0.29) is 5.41 Å². The van der Waals surface area contributed by atoms with Crippen LogP contribution in [-0.2, 0) is 4.79 Å². The van der Waals surface area contributed by atoms with Crippen molar-refractivity contribution in [1.82, 2.24) is 14.9 Å². The Kier molecular flexibility index (Phi) is 4.92. The standard InChI is InChI=1S/C18H29N5O/c1-14(2)5-9-23-12-18(7-4-17(23)24)6-3-8-22(11-18)16-10-15(19)20-13-21-16/h10,13-14H,3-9,11-12H2,1-2H3,(H2,19,20,21)/t18-/m1/s1. The zero-order chi connectivity index (χ0) is 17.2. The minimum atomic E-state index is 0.197. The van der Waals surface area contributed by atoms with E-state index in [2.05, 4.69) is 33.6 Å². The summed E-state index contributed by atoms with van der Waals surface area (Å²) in [5.74, 6) is 2.37. The highest BCUT2D eigenvalue weighted by atomic mass is 16.2. The first-order chi connectivity index (χ1) is 11.5. The van der Waals surface area contributed by atoms with Gasteiger partial charge in [0.2, 0.25) is 5.91 Å². The third-order valence-corrected chi connectivity index (χ3v) is 5.38. The highest BCUT2D eigenvalue weighted by Gasteiger charge is 2.41. The van der Waals surface area contributed by atoms with Gasteiger partial charge in [-0.25, -0.2) is 9.97 Å². The minimum Gasteiger partial charge on any atom is -0.384 e. The molecule has 1 aromatic rings. The number of hydrogen-bond donors (Lipinski definition) is 1. The van der Waals surface area contributed by atoms with Crippen molar-refractivity contribution in [2.75, 3.05) is 36.8 Å². The van der Waals surface area contributed by atoms with Crippen LogP contribution >= 0.6 is 0 Å². The number of hydrogen-bond acceptors (Lipinski definition) is 5. The molecule has 3 rings (SSSR count). The summed E-state index contributed by atoms with van der Waals surface area (Å²) in [7, 11) is 0. The van der Waals surface area contributed by atoms with Crippen LogP contribution in [0.1, 0.15) is 46.0 Å². The predicted octanol–water partition coefficient (Wildman–Crippen LogP) is 2.31. The number of nitrogen functional groups attached to an aromatic ring is 1. The number of rotatable bonds is 4. The molecule has 0 bridgehead atoms. The predicted molar refractivity (Wildman–Crippen MR) is 95.6 cm³/mol. The molecule has 2 N–H and O–H groups in total. The van der Waals surface area contributed by atoms with Crippen LogP contribution in [0.5, 0.6) is 0 Å². The lowest BCUT2D eigenvalue weighted by molar-refractivity contribution is -0.138. The average molecular weight is 331 g/mol. The Labute approximate surface area is 144 Å². The Balaban J connectivity index is 1.71. The lowest BCUT2D eigenvalue weighted by Crippen LogP contribution is -2.54. The van der Waals surface area contributed by atoms with Crippen LogP contribution in [0.15, 0.2) is 12.4 Å². The SMILES string of the molecule is CC(C)CCN1C[C@]2(CCCN(c3cc(N)ncn3)C2)CCC1=O. The van der Waals surface area contributed by atoms with Crippen LogP contribution < -0.4 is 10.6 Å². The van der Waals surface area contributed by atoms with E-state index in [1.54, 1.807) is 0 Å². The van der Waals surface area contributed by atoms with Gasteiger partial charge >= 0.3 is 0 Å². The lowest BCUT2D eigenvalue weighted by atomic mass is 9.73. The third kappa shape index (κ3) is 3.79. The van der Waals surface area contributed by atoms with Gasteiger partial charge in [-0.2, -0.15) is 0 Å². The Hall–Kier alpha value is -1.85. The number of nitrogens with zero attached hydrogens (tertiary/aromatic N) is 4. The van der Waals surface area contributed by atoms with Crippen LogP contribution in [0, 0.1) is 11.3 Å². The molecule has 1 amide bonds. The van der Waals surface area contributed by atoms with Crippen molar-refractivity contribution in [3.63, 3.8) is 0 Å². The number of nitrogens with two attached hydrogens (primary N) is 1. The molecule has 2 saturated heterocycles. The van der Waals surface area contributed by atoms with Crippen molar-refractivity contribution in [2.45, 2.75) is 46.0 Å². The zero-order valence-electron chi connectivity index (χ0n) is 14.9. The summed E-state index contributed by atoms with van der Waals surface area (Å²) in [4.78, 5) is 25.1. The average Bonchev–Trinajstić information content (AvgIpc) is 2.56. The van der Waals surface area contributed by atoms with Crippen molar-refractivity contribution in [2.24, 2.45) is 11.3 Å². The molecule has 132 valence electrons. The summed E-state index contributed by atoms with van der Waals surface area (Å²) in [6, 6.07) is 1.85. The van der Waals surface area contributed by atoms with Crippen LogP contribution in [0.2, 0.25) is 0 Å². The molecule has 1 spiro atoms. The summed E-state index contributed by atoms with van der Waals surface area (Å²) in [5.41, 5.74) is 6.01. The van der Waals surface area contributed by atoms with Gasteiger partial charge in [0, 0.05) is 44.1 Å². The smallest absolute Gasteiger partial charge is 0.222 e. The Morgan fingerprint density at radius 2 is 2.12 bits per heavy atom. The summed E-state index contributed by atoms with van der Waals surface area (Å²) >= 11 is 0. The van der Waals surface area contributed by atoms with Crippen LogP contribution in [0.25, 0.3) is 0 Å². The molecule has 0 saturated carbocycles. The molecule has 24 heavy (non-hydrogen) atoms. The van der Waals surface area contributed by atoms with E-state index in [4.69, 9.17) is 5.73 Å². The summed E-state index contributed by atoms with van der Waals surface area (Å²) in [6.07, 6.45) is 6.60. The van der Waals surface area contributed by atoms with Crippen LogP contribution in [-0.4, -0.2) is 47.0 Å². The van der Waals surface area contributed by atoms with Crippen molar-refractivity contribution < 1.29 is 4.79 Å². The molecule has 3 heterocycles.